The molecule has 3 unspecified atom stereocenters. The normalized spacial score (nSPS) is 20.9. The molecule has 220 valence electrons. The van der Waals surface area contributed by atoms with E-state index in [2.05, 4.69) is 78.8 Å². The lowest BCUT2D eigenvalue weighted by molar-refractivity contribution is -0.139. The van der Waals surface area contributed by atoms with Crippen LogP contribution in [0, 0.1) is 11.8 Å². The molecule has 2 saturated heterocycles. The van der Waals surface area contributed by atoms with Crippen LogP contribution in [-0.4, -0.2) is 60.5 Å². The van der Waals surface area contributed by atoms with Crippen LogP contribution in [0.25, 0.3) is 0 Å². The maximum atomic E-state index is 13.9. The standard InChI is InChI=1S/C35H53N3O2/c1-5-29(4)21-24-36-22-10-9-15-34(36)35(39)37-23-11-14-32(26-37)38(25-20-28(2)3)31-16-18-33(19-17-31)40-27-30-12-7-6-8-13-30/h6-8,12-13,16-19,28-29,32,34H,5,9-11,14-15,20-27H2,1-4H3. The molecule has 0 aromatic heterocycles. The Morgan fingerprint density at radius 1 is 0.950 bits per heavy atom. The number of piperidine rings is 2. The predicted octanol–water partition coefficient (Wildman–Crippen LogP) is 7.40. The highest BCUT2D eigenvalue weighted by molar-refractivity contribution is 5.82. The molecule has 2 aliphatic rings. The lowest BCUT2D eigenvalue weighted by atomic mass is 9.96. The molecular formula is C35H53N3O2. The van der Waals surface area contributed by atoms with Crippen molar-refractivity contribution in [1.29, 1.82) is 0 Å². The molecule has 3 atom stereocenters. The molecule has 2 aliphatic heterocycles. The van der Waals surface area contributed by atoms with E-state index in [9.17, 15) is 4.79 Å². The van der Waals surface area contributed by atoms with Gasteiger partial charge >= 0.3 is 0 Å². The summed E-state index contributed by atoms with van der Waals surface area (Å²) >= 11 is 0. The summed E-state index contributed by atoms with van der Waals surface area (Å²) in [6.07, 6.45) is 9.17. The topological polar surface area (TPSA) is 36.0 Å². The van der Waals surface area contributed by atoms with E-state index in [1.165, 1.54) is 36.9 Å². The van der Waals surface area contributed by atoms with Gasteiger partial charge in [0.25, 0.3) is 0 Å². The number of hydrogen-bond acceptors (Lipinski definition) is 4. The summed E-state index contributed by atoms with van der Waals surface area (Å²) in [7, 11) is 0. The highest BCUT2D eigenvalue weighted by Crippen LogP contribution is 2.28. The molecule has 0 radical (unpaired) electrons. The van der Waals surface area contributed by atoms with Gasteiger partial charge in [0.1, 0.15) is 12.4 Å². The van der Waals surface area contributed by atoms with E-state index in [1.807, 2.05) is 18.2 Å². The van der Waals surface area contributed by atoms with Crippen molar-refractivity contribution in [1.82, 2.24) is 9.80 Å². The first-order chi connectivity index (χ1) is 19.4. The molecule has 4 rings (SSSR count). The summed E-state index contributed by atoms with van der Waals surface area (Å²) in [4.78, 5) is 21.2. The SMILES string of the molecule is CCC(C)CCN1CCCCC1C(=O)N1CCCC(N(CCC(C)C)c2ccc(OCc3ccccc3)cc2)C1. The van der Waals surface area contributed by atoms with Crippen molar-refractivity contribution in [3.8, 4) is 5.75 Å². The number of ether oxygens (including phenoxy) is 1. The molecular weight excluding hydrogens is 494 g/mol. The average molecular weight is 548 g/mol. The van der Waals surface area contributed by atoms with Gasteiger partial charge in [0.2, 0.25) is 5.91 Å². The molecule has 5 heteroatoms. The number of likely N-dealkylation sites (tertiary alicyclic amines) is 2. The number of rotatable bonds is 13. The van der Waals surface area contributed by atoms with Crippen LogP contribution in [0.5, 0.6) is 5.75 Å². The Bertz CT molecular complexity index is 1010. The van der Waals surface area contributed by atoms with Gasteiger partial charge in [-0.15, -0.1) is 0 Å². The van der Waals surface area contributed by atoms with E-state index in [0.29, 0.717) is 24.5 Å². The van der Waals surface area contributed by atoms with Crippen LogP contribution in [0.2, 0.25) is 0 Å². The first-order valence-corrected chi connectivity index (χ1v) is 16.0. The minimum absolute atomic E-state index is 0.0710. The van der Waals surface area contributed by atoms with E-state index in [4.69, 9.17) is 4.74 Å². The summed E-state index contributed by atoms with van der Waals surface area (Å²) in [6.45, 7) is 14.7. The molecule has 0 aliphatic carbocycles. The third kappa shape index (κ3) is 8.73. The van der Waals surface area contributed by atoms with Gasteiger partial charge < -0.3 is 14.5 Å². The molecule has 0 spiro atoms. The lowest BCUT2D eigenvalue weighted by Crippen LogP contribution is -2.56. The van der Waals surface area contributed by atoms with Gasteiger partial charge in [0, 0.05) is 31.4 Å². The fourth-order valence-electron chi connectivity index (χ4n) is 6.14. The second-order valence-electron chi connectivity index (χ2n) is 12.6. The van der Waals surface area contributed by atoms with Crippen LogP contribution in [0.3, 0.4) is 0 Å². The van der Waals surface area contributed by atoms with Crippen molar-refractivity contribution in [2.24, 2.45) is 11.8 Å². The minimum atomic E-state index is 0.0710. The van der Waals surface area contributed by atoms with E-state index >= 15 is 0 Å². The minimum Gasteiger partial charge on any atom is -0.489 e. The smallest absolute Gasteiger partial charge is 0.239 e. The van der Waals surface area contributed by atoms with Crippen LogP contribution < -0.4 is 9.64 Å². The third-order valence-electron chi connectivity index (χ3n) is 9.02. The molecule has 2 aromatic carbocycles. The summed E-state index contributed by atoms with van der Waals surface area (Å²) in [5.74, 6) is 2.63. The van der Waals surface area contributed by atoms with Crippen molar-refractivity contribution in [3.63, 3.8) is 0 Å². The zero-order chi connectivity index (χ0) is 28.3. The van der Waals surface area contributed by atoms with Crippen LogP contribution in [0.4, 0.5) is 5.69 Å². The van der Waals surface area contributed by atoms with E-state index in [1.54, 1.807) is 0 Å². The van der Waals surface area contributed by atoms with Gasteiger partial charge in [-0.2, -0.15) is 0 Å². The van der Waals surface area contributed by atoms with Gasteiger partial charge in [0.15, 0.2) is 0 Å². The molecule has 0 saturated carbocycles. The largest absolute Gasteiger partial charge is 0.489 e. The monoisotopic (exact) mass is 547 g/mol. The van der Waals surface area contributed by atoms with Crippen LogP contribution in [-0.2, 0) is 11.4 Å². The summed E-state index contributed by atoms with van der Waals surface area (Å²) < 4.78 is 6.06. The Balaban J connectivity index is 1.42. The van der Waals surface area contributed by atoms with E-state index in [0.717, 1.165) is 70.1 Å². The Morgan fingerprint density at radius 3 is 2.45 bits per heavy atom. The molecule has 0 N–H and O–H groups in total. The van der Waals surface area contributed by atoms with E-state index < -0.39 is 0 Å². The molecule has 2 heterocycles. The fourth-order valence-corrected chi connectivity index (χ4v) is 6.14. The Kier molecular flexibility index (Phi) is 11.8. The van der Waals surface area contributed by atoms with Gasteiger partial charge in [-0.25, -0.2) is 0 Å². The molecule has 5 nitrogen and oxygen atoms in total. The maximum absolute atomic E-state index is 13.9. The second kappa shape index (κ2) is 15.5. The molecule has 2 aromatic rings. The predicted molar refractivity (Wildman–Crippen MR) is 167 cm³/mol. The van der Waals surface area contributed by atoms with E-state index in [-0.39, 0.29) is 6.04 Å². The number of amides is 1. The average Bonchev–Trinajstić information content (AvgIpc) is 3.00. The second-order valence-corrected chi connectivity index (χ2v) is 12.6. The van der Waals surface area contributed by atoms with Crippen molar-refractivity contribution >= 4 is 11.6 Å². The van der Waals surface area contributed by atoms with Gasteiger partial charge in [-0.1, -0.05) is 70.9 Å². The van der Waals surface area contributed by atoms with Gasteiger partial charge in [0.05, 0.1) is 6.04 Å². The van der Waals surface area contributed by atoms with Gasteiger partial charge in [-0.3, -0.25) is 9.69 Å². The highest BCUT2D eigenvalue weighted by atomic mass is 16.5. The van der Waals surface area contributed by atoms with Crippen molar-refractivity contribution in [3.05, 3.63) is 60.2 Å². The highest BCUT2D eigenvalue weighted by Gasteiger charge is 2.35. The van der Waals surface area contributed by atoms with Crippen LogP contribution in [0.1, 0.15) is 84.6 Å². The third-order valence-corrected chi connectivity index (χ3v) is 9.02. The Labute approximate surface area is 243 Å². The van der Waals surface area contributed by atoms with Crippen molar-refractivity contribution in [2.75, 3.05) is 37.6 Å². The summed E-state index contributed by atoms with van der Waals surface area (Å²) in [5, 5.41) is 0. The fraction of sp³-hybridized carbons (Fsp3) is 0.629. The molecule has 1 amide bonds. The van der Waals surface area contributed by atoms with Crippen molar-refractivity contribution in [2.45, 2.75) is 97.8 Å². The first kappa shape index (κ1) is 30.4. The Hall–Kier alpha value is -2.53. The van der Waals surface area contributed by atoms with Crippen LogP contribution >= 0.6 is 0 Å². The number of anilines is 1. The number of carbonyl (C=O) groups is 1. The molecule has 2 fully saturated rings. The zero-order valence-electron chi connectivity index (χ0n) is 25.6. The lowest BCUT2D eigenvalue weighted by Gasteiger charge is -2.44. The number of carbonyl (C=O) groups excluding carboxylic acids is 1. The maximum Gasteiger partial charge on any atom is 0.239 e. The first-order valence-electron chi connectivity index (χ1n) is 16.0. The number of nitrogens with zero attached hydrogens (tertiary/aromatic N) is 3. The number of benzene rings is 2. The van der Waals surface area contributed by atoms with Crippen LogP contribution in [0.15, 0.2) is 54.6 Å². The summed E-state index contributed by atoms with van der Waals surface area (Å²) in [5.41, 5.74) is 2.41. The molecule has 40 heavy (non-hydrogen) atoms. The van der Waals surface area contributed by atoms with Gasteiger partial charge in [-0.05, 0) is 93.3 Å². The number of hydrogen-bond donors (Lipinski definition) is 0. The zero-order valence-corrected chi connectivity index (χ0v) is 25.6. The Morgan fingerprint density at radius 2 is 1.73 bits per heavy atom. The quantitative estimate of drug-likeness (QED) is 0.262. The summed E-state index contributed by atoms with van der Waals surface area (Å²) in [6, 6.07) is 19.4. The molecule has 0 bridgehead atoms. The van der Waals surface area contributed by atoms with Crippen molar-refractivity contribution < 1.29 is 9.53 Å².